The molecule has 7 nitrogen and oxygen atoms in total. The van der Waals surface area contributed by atoms with Crippen molar-refractivity contribution >= 4 is 11.8 Å². The first-order chi connectivity index (χ1) is 20.6. The Morgan fingerprint density at radius 1 is 0.907 bits per heavy atom. The molecule has 230 valence electrons. The van der Waals surface area contributed by atoms with Gasteiger partial charge < -0.3 is 20.4 Å². The monoisotopic (exact) mass is 593 g/mol. The van der Waals surface area contributed by atoms with Crippen LogP contribution in [0.25, 0.3) is 0 Å². The summed E-state index contributed by atoms with van der Waals surface area (Å²) in [5.41, 5.74) is 3.81. The van der Waals surface area contributed by atoms with Crippen LogP contribution in [-0.4, -0.2) is 69.7 Å². The second-order valence-electron chi connectivity index (χ2n) is 11.4. The quantitative estimate of drug-likeness (QED) is 0.269. The zero-order valence-electron chi connectivity index (χ0n) is 25.0. The lowest BCUT2D eigenvalue weighted by Crippen LogP contribution is -2.52. The predicted molar refractivity (Wildman–Crippen MR) is 162 cm³/mol. The number of amides is 2. The third-order valence-corrected chi connectivity index (χ3v) is 7.71. The average molecular weight is 594 g/mol. The molecule has 0 saturated heterocycles. The number of nitrogens with zero attached hydrogens (tertiary/aromatic N) is 2. The van der Waals surface area contributed by atoms with Gasteiger partial charge in [-0.05, 0) is 78.8 Å². The number of halogens is 2. The molecule has 2 amide bonds. The number of carbonyl (C=O) groups excluding carboxylic acids is 2. The van der Waals surface area contributed by atoms with Crippen molar-refractivity contribution in [3.63, 3.8) is 0 Å². The number of hydrogen-bond acceptors (Lipinski definition) is 5. The van der Waals surface area contributed by atoms with Crippen LogP contribution in [0.4, 0.5) is 8.78 Å². The third-order valence-electron chi connectivity index (χ3n) is 7.71. The molecule has 0 spiro atoms. The first-order valence-electron chi connectivity index (χ1n) is 14.9. The van der Waals surface area contributed by atoms with E-state index in [-0.39, 0.29) is 30.0 Å². The standard InChI is InChI=1S/C34H41F2N3O4/c1-4-10-39(11-5-2)34(43)27-13-22(3)12-26(17-27)33(42)37-30(16-23-14-28(35)18-29(36)15-23)32(41)31(40)21-38-19-24-8-6-7-9-25(24)20-38/h6-9,12-15,17-18,30-32,40-41H,4-5,10-11,16,19-21H2,1-3H3,(H,37,42)/t30-,31+,32-/m0/s1. The summed E-state index contributed by atoms with van der Waals surface area (Å²) in [6, 6.07) is 14.8. The number of aryl methyl sites for hydroxylation is 1. The zero-order chi connectivity index (χ0) is 31.1. The summed E-state index contributed by atoms with van der Waals surface area (Å²) in [6.07, 6.45) is -1.23. The second kappa shape index (κ2) is 14.7. The van der Waals surface area contributed by atoms with E-state index in [0.717, 1.165) is 42.2 Å². The molecule has 3 aromatic rings. The molecule has 0 aliphatic carbocycles. The van der Waals surface area contributed by atoms with E-state index in [2.05, 4.69) is 5.32 Å². The van der Waals surface area contributed by atoms with Crippen LogP contribution >= 0.6 is 0 Å². The largest absolute Gasteiger partial charge is 0.389 e. The number of β-amino-alcohol motifs (C(OH)–C–C–N with tert-alkyl or cyclic N) is 1. The maximum Gasteiger partial charge on any atom is 0.253 e. The molecule has 3 atom stereocenters. The number of benzene rings is 3. The van der Waals surface area contributed by atoms with Gasteiger partial charge in [-0.1, -0.05) is 38.1 Å². The first kappa shape index (κ1) is 32.3. The molecule has 3 N–H and O–H groups in total. The highest BCUT2D eigenvalue weighted by Gasteiger charge is 2.32. The third kappa shape index (κ3) is 8.46. The predicted octanol–water partition coefficient (Wildman–Crippen LogP) is 4.61. The molecule has 1 aliphatic heterocycles. The highest BCUT2D eigenvalue weighted by Crippen LogP contribution is 2.23. The van der Waals surface area contributed by atoms with Gasteiger partial charge in [0, 0.05) is 49.9 Å². The normalized spacial score (nSPS) is 15.0. The highest BCUT2D eigenvalue weighted by molar-refractivity contribution is 6.00. The zero-order valence-corrected chi connectivity index (χ0v) is 25.0. The Bertz CT molecular complexity index is 1380. The lowest BCUT2D eigenvalue weighted by atomic mass is 9.96. The lowest BCUT2D eigenvalue weighted by molar-refractivity contribution is -0.0214. The van der Waals surface area contributed by atoms with Crippen molar-refractivity contribution in [3.05, 3.63) is 106 Å². The molecule has 3 aromatic carbocycles. The fourth-order valence-electron chi connectivity index (χ4n) is 5.74. The van der Waals surface area contributed by atoms with E-state index in [1.807, 2.05) is 43.0 Å². The number of aliphatic hydroxyl groups is 2. The SMILES string of the molecule is CCCN(CCC)C(=O)c1cc(C)cc(C(=O)N[C@@H](Cc2cc(F)cc(F)c2)[C@H](O)[C@H](O)CN2Cc3ccccc3C2)c1. The van der Waals surface area contributed by atoms with Crippen LogP contribution < -0.4 is 5.32 Å². The highest BCUT2D eigenvalue weighted by atomic mass is 19.1. The number of carbonyl (C=O) groups is 2. The van der Waals surface area contributed by atoms with E-state index in [1.54, 1.807) is 24.0 Å². The fraction of sp³-hybridized carbons (Fsp3) is 0.412. The van der Waals surface area contributed by atoms with Crippen molar-refractivity contribution in [2.75, 3.05) is 19.6 Å². The topological polar surface area (TPSA) is 93.1 Å². The van der Waals surface area contributed by atoms with Crippen molar-refractivity contribution < 1.29 is 28.6 Å². The Balaban J connectivity index is 1.55. The van der Waals surface area contributed by atoms with Crippen LogP contribution in [0.15, 0.2) is 60.7 Å². The summed E-state index contributed by atoms with van der Waals surface area (Å²) in [7, 11) is 0. The van der Waals surface area contributed by atoms with Crippen LogP contribution in [-0.2, 0) is 19.5 Å². The van der Waals surface area contributed by atoms with Crippen molar-refractivity contribution in [2.45, 2.75) is 71.4 Å². The molecule has 0 bridgehead atoms. The number of hydrogen-bond donors (Lipinski definition) is 3. The molecular formula is C34H41F2N3O4. The summed E-state index contributed by atoms with van der Waals surface area (Å²) in [6.45, 7) is 8.33. The smallest absolute Gasteiger partial charge is 0.253 e. The number of rotatable bonds is 13. The van der Waals surface area contributed by atoms with E-state index in [1.165, 1.54) is 6.07 Å². The van der Waals surface area contributed by atoms with E-state index < -0.39 is 35.8 Å². The van der Waals surface area contributed by atoms with Crippen LogP contribution in [0.5, 0.6) is 0 Å². The van der Waals surface area contributed by atoms with E-state index in [0.29, 0.717) is 37.3 Å². The van der Waals surface area contributed by atoms with Gasteiger partial charge in [0.15, 0.2) is 0 Å². The van der Waals surface area contributed by atoms with Gasteiger partial charge in [-0.25, -0.2) is 8.78 Å². The molecule has 0 unspecified atom stereocenters. The molecule has 1 aliphatic rings. The van der Waals surface area contributed by atoms with Gasteiger partial charge in [0.25, 0.3) is 11.8 Å². The lowest BCUT2D eigenvalue weighted by Gasteiger charge is -2.30. The van der Waals surface area contributed by atoms with Gasteiger partial charge >= 0.3 is 0 Å². The van der Waals surface area contributed by atoms with Crippen LogP contribution in [0.2, 0.25) is 0 Å². The van der Waals surface area contributed by atoms with Crippen molar-refractivity contribution in [2.24, 2.45) is 0 Å². The van der Waals surface area contributed by atoms with Crippen LogP contribution in [0.1, 0.15) is 69.7 Å². The fourth-order valence-corrected chi connectivity index (χ4v) is 5.74. The van der Waals surface area contributed by atoms with E-state index >= 15 is 0 Å². The summed E-state index contributed by atoms with van der Waals surface area (Å²) >= 11 is 0. The Morgan fingerprint density at radius 3 is 2.07 bits per heavy atom. The van der Waals surface area contributed by atoms with Gasteiger partial charge in [0.2, 0.25) is 0 Å². The summed E-state index contributed by atoms with van der Waals surface area (Å²) in [5, 5.41) is 25.2. The molecule has 0 radical (unpaired) electrons. The van der Waals surface area contributed by atoms with Crippen LogP contribution in [0.3, 0.4) is 0 Å². The Kier molecular flexibility index (Phi) is 11.0. The van der Waals surface area contributed by atoms with E-state index in [4.69, 9.17) is 0 Å². The summed E-state index contributed by atoms with van der Waals surface area (Å²) < 4.78 is 28.0. The summed E-state index contributed by atoms with van der Waals surface area (Å²) in [4.78, 5) is 30.6. The molecular weight excluding hydrogens is 552 g/mol. The number of aliphatic hydroxyl groups excluding tert-OH is 2. The van der Waals surface area contributed by atoms with Crippen molar-refractivity contribution in [1.82, 2.24) is 15.1 Å². The number of fused-ring (bicyclic) bond motifs is 1. The van der Waals surface area contributed by atoms with Crippen molar-refractivity contribution in [3.8, 4) is 0 Å². The first-order valence-corrected chi connectivity index (χ1v) is 14.9. The second-order valence-corrected chi connectivity index (χ2v) is 11.4. The Morgan fingerprint density at radius 2 is 1.49 bits per heavy atom. The van der Waals surface area contributed by atoms with Gasteiger partial charge in [0.1, 0.15) is 17.7 Å². The molecule has 0 fully saturated rings. The van der Waals surface area contributed by atoms with Gasteiger partial charge in [-0.3, -0.25) is 14.5 Å². The van der Waals surface area contributed by atoms with E-state index in [9.17, 15) is 28.6 Å². The average Bonchev–Trinajstić information content (AvgIpc) is 3.37. The van der Waals surface area contributed by atoms with Gasteiger partial charge in [-0.2, -0.15) is 0 Å². The summed E-state index contributed by atoms with van der Waals surface area (Å²) in [5.74, 6) is -2.31. The molecule has 0 aromatic heterocycles. The van der Waals surface area contributed by atoms with Gasteiger partial charge in [0.05, 0.1) is 12.1 Å². The molecule has 4 rings (SSSR count). The molecule has 43 heavy (non-hydrogen) atoms. The van der Waals surface area contributed by atoms with Crippen molar-refractivity contribution in [1.29, 1.82) is 0 Å². The molecule has 1 heterocycles. The minimum atomic E-state index is -1.45. The van der Waals surface area contributed by atoms with Gasteiger partial charge in [-0.15, -0.1) is 0 Å². The minimum absolute atomic E-state index is 0.128. The molecule has 0 saturated carbocycles. The Hall–Kier alpha value is -3.66. The maximum absolute atomic E-state index is 14.0. The minimum Gasteiger partial charge on any atom is -0.389 e. The van der Waals surface area contributed by atoms with Crippen LogP contribution in [0, 0.1) is 18.6 Å². The maximum atomic E-state index is 14.0. The molecule has 9 heteroatoms. The Labute approximate surface area is 252 Å². The number of nitrogens with one attached hydrogen (secondary N) is 1.